The van der Waals surface area contributed by atoms with Crippen LogP contribution in [0.25, 0.3) is 0 Å². The van der Waals surface area contributed by atoms with Crippen molar-refractivity contribution >= 4 is 28.9 Å². The van der Waals surface area contributed by atoms with Crippen molar-refractivity contribution in [2.45, 2.75) is 0 Å². The van der Waals surface area contributed by atoms with Crippen molar-refractivity contribution < 1.29 is 14.7 Å². The number of para-hydroxylation sites is 2. The van der Waals surface area contributed by atoms with E-state index in [1.807, 2.05) is 36.4 Å². The summed E-state index contributed by atoms with van der Waals surface area (Å²) >= 11 is 0. The first-order chi connectivity index (χ1) is 13.7. The van der Waals surface area contributed by atoms with E-state index in [9.17, 15) is 14.7 Å². The van der Waals surface area contributed by atoms with E-state index >= 15 is 0 Å². The van der Waals surface area contributed by atoms with Crippen LogP contribution in [-0.4, -0.2) is 22.6 Å². The van der Waals surface area contributed by atoms with Crippen LogP contribution in [0.15, 0.2) is 107 Å². The van der Waals surface area contributed by atoms with E-state index in [0.717, 1.165) is 4.90 Å². The molecule has 2 amide bonds. The lowest BCUT2D eigenvalue weighted by Crippen LogP contribution is -2.32. The molecule has 0 aliphatic carbocycles. The van der Waals surface area contributed by atoms with E-state index in [0.29, 0.717) is 16.9 Å². The summed E-state index contributed by atoms with van der Waals surface area (Å²) in [5.74, 6) is -1.97. The molecular formula is C23H16N2O3. The lowest BCUT2D eigenvalue weighted by Gasteiger charge is -2.14. The Labute approximate surface area is 161 Å². The van der Waals surface area contributed by atoms with Gasteiger partial charge in [-0.1, -0.05) is 66.7 Å². The van der Waals surface area contributed by atoms with E-state index in [-0.39, 0.29) is 11.3 Å². The largest absolute Gasteiger partial charge is 0.502 e. The lowest BCUT2D eigenvalue weighted by atomic mass is 10.0. The molecule has 0 spiro atoms. The average molecular weight is 368 g/mol. The van der Waals surface area contributed by atoms with Crippen molar-refractivity contribution in [1.29, 1.82) is 0 Å². The summed E-state index contributed by atoms with van der Waals surface area (Å²) in [5.41, 5.74) is 1.78. The Bertz CT molecular complexity index is 1090. The number of rotatable bonds is 4. The number of carbonyl (C=O) groups excluding carboxylic acids is 2. The number of imide groups is 1. The summed E-state index contributed by atoms with van der Waals surface area (Å²) in [4.78, 5) is 31.3. The zero-order valence-electron chi connectivity index (χ0n) is 14.8. The van der Waals surface area contributed by atoms with Crippen molar-refractivity contribution in [3.8, 4) is 0 Å². The minimum Gasteiger partial charge on any atom is -0.502 e. The molecule has 136 valence electrons. The summed E-state index contributed by atoms with van der Waals surface area (Å²) in [6.07, 6.45) is 0. The molecular weight excluding hydrogens is 352 g/mol. The van der Waals surface area contributed by atoms with Gasteiger partial charge in [0.25, 0.3) is 5.91 Å². The summed E-state index contributed by atoms with van der Waals surface area (Å²) in [6.45, 7) is 0. The minimum atomic E-state index is -0.761. The highest BCUT2D eigenvalue weighted by atomic mass is 16.3. The Balaban J connectivity index is 1.86. The number of benzene rings is 3. The number of amides is 2. The van der Waals surface area contributed by atoms with Crippen LogP contribution in [0, 0.1) is 0 Å². The Kier molecular flexibility index (Phi) is 4.56. The van der Waals surface area contributed by atoms with Crippen molar-refractivity contribution in [3.63, 3.8) is 0 Å². The van der Waals surface area contributed by atoms with Gasteiger partial charge in [-0.05, 0) is 24.3 Å². The lowest BCUT2D eigenvalue weighted by molar-refractivity contribution is -0.121. The third-order valence-corrected chi connectivity index (χ3v) is 4.35. The topological polar surface area (TPSA) is 70.0 Å². The molecule has 0 unspecified atom stereocenters. The van der Waals surface area contributed by atoms with Gasteiger partial charge < -0.3 is 5.11 Å². The molecule has 1 aliphatic heterocycles. The van der Waals surface area contributed by atoms with Gasteiger partial charge in [-0.3, -0.25) is 9.59 Å². The zero-order chi connectivity index (χ0) is 19.5. The van der Waals surface area contributed by atoms with Gasteiger partial charge in [0, 0.05) is 5.56 Å². The van der Waals surface area contributed by atoms with E-state index < -0.39 is 17.6 Å². The maximum Gasteiger partial charge on any atom is 0.301 e. The fourth-order valence-electron chi connectivity index (χ4n) is 3.04. The molecule has 1 N–H and O–H groups in total. The quantitative estimate of drug-likeness (QED) is 0.554. The van der Waals surface area contributed by atoms with Gasteiger partial charge in [0.05, 0.1) is 17.1 Å². The third kappa shape index (κ3) is 3.10. The van der Waals surface area contributed by atoms with Crippen LogP contribution in [0.5, 0.6) is 0 Å². The molecule has 28 heavy (non-hydrogen) atoms. The maximum atomic E-state index is 13.1. The van der Waals surface area contributed by atoms with Crippen LogP contribution < -0.4 is 4.90 Å². The number of carbonyl (C=O) groups is 2. The summed E-state index contributed by atoms with van der Waals surface area (Å²) in [6, 6.07) is 26.6. The van der Waals surface area contributed by atoms with Gasteiger partial charge >= 0.3 is 5.91 Å². The fourth-order valence-corrected chi connectivity index (χ4v) is 3.04. The van der Waals surface area contributed by atoms with E-state index in [4.69, 9.17) is 0 Å². The van der Waals surface area contributed by atoms with Crippen molar-refractivity contribution in [2.75, 3.05) is 4.90 Å². The van der Waals surface area contributed by atoms with E-state index in [1.54, 1.807) is 54.6 Å². The third-order valence-electron chi connectivity index (χ3n) is 4.35. The SMILES string of the molecule is O=C1C(O)=C(C(=Nc2ccccc2)c2ccccc2)C(=O)N1c1ccccc1. The summed E-state index contributed by atoms with van der Waals surface area (Å²) in [5, 5.41) is 10.6. The van der Waals surface area contributed by atoms with Crippen LogP contribution in [0.3, 0.4) is 0 Å². The number of aliphatic imine (C=N–C) groups is 1. The molecule has 0 radical (unpaired) electrons. The predicted molar refractivity (Wildman–Crippen MR) is 108 cm³/mol. The van der Waals surface area contributed by atoms with Crippen molar-refractivity contribution in [3.05, 3.63) is 108 Å². The Hall–Kier alpha value is -3.99. The molecule has 0 bridgehead atoms. The van der Waals surface area contributed by atoms with Crippen LogP contribution >= 0.6 is 0 Å². The second-order valence-electron chi connectivity index (χ2n) is 6.17. The molecule has 0 aromatic heterocycles. The van der Waals surface area contributed by atoms with E-state index in [2.05, 4.69) is 4.99 Å². The van der Waals surface area contributed by atoms with Gasteiger partial charge in [-0.15, -0.1) is 0 Å². The van der Waals surface area contributed by atoms with E-state index in [1.165, 1.54) is 0 Å². The van der Waals surface area contributed by atoms with Gasteiger partial charge in [-0.25, -0.2) is 9.89 Å². The summed E-state index contributed by atoms with van der Waals surface area (Å²) < 4.78 is 0. The molecule has 0 saturated heterocycles. The van der Waals surface area contributed by atoms with Gasteiger partial charge in [0.1, 0.15) is 5.57 Å². The predicted octanol–water partition coefficient (Wildman–Crippen LogP) is 4.19. The van der Waals surface area contributed by atoms with Gasteiger partial charge in [0.15, 0.2) is 5.76 Å². The Morgan fingerprint density at radius 2 is 1.25 bits per heavy atom. The Morgan fingerprint density at radius 1 is 0.714 bits per heavy atom. The van der Waals surface area contributed by atoms with Crippen molar-refractivity contribution in [1.82, 2.24) is 0 Å². The van der Waals surface area contributed by atoms with Crippen LogP contribution in [0.2, 0.25) is 0 Å². The monoisotopic (exact) mass is 368 g/mol. The molecule has 0 fully saturated rings. The van der Waals surface area contributed by atoms with Crippen LogP contribution in [0.4, 0.5) is 11.4 Å². The first kappa shape index (κ1) is 17.4. The molecule has 5 heteroatoms. The fraction of sp³-hybridized carbons (Fsp3) is 0. The summed E-state index contributed by atoms with van der Waals surface area (Å²) in [7, 11) is 0. The molecule has 0 atom stereocenters. The molecule has 0 saturated carbocycles. The highest BCUT2D eigenvalue weighted by Gasteiger charge is 2.42. The van der Waals surface area contributed by atoms with Gasteiger partial charge in [-0.2, -0.15) is 0 Å². The van der Waals surface area contributed by atoms with Gasteiger partial charge in [0.2, 0.25) is 0 Å². The molecule has 4 rings (SSSR count). The van der Waals surface area contributed by atoms with Crippen LogP contribution in [0.1, 0.15) is 5.56 Å². The van der Waals surface area contributed by atoms with Crippen molar-refractivity contribution in [2.24, 2.45) is 4.99 Å². The standard InChI is InChI=1S/C23H16N2O3/c26-21-19(22(27)25(23(21)28)18-14-8-3-9-15-18)20(16-10-4-1-5-11-16)24-17-12-6-2-7-13-17/h1-15,26H. The number of hydrogen-bond acceptors (Lipinski definition) is 4. The highest BCUT2D eigenvalue weighted by molar-refractivity contribution is 6.44. The molecule has 1 heterocycles. The number of nitrogens with zero attached hydrogens (tertiary/aromatic N) is 2. The molecule has 1 aliphatic rings. The number of anilines is 1. The Morgan fingerprint density at radius 3 is 1.86 bits per heavy atom. The minimum absolute atomic E-state index is 0.107. The average Bonchev–Trinajstić information content (AvgIpc) is 2.97. The second-order valence-corrected chi connectivity index (χ2v) is 6.17. The molecule has 5 nitrogen and oxygen atoms in total. The first-order valence-electron chi connectivity index (χ1n) is 8.73. The second kappa shape index (κ2) is 7.32. The molecule has 3 aromatic carbocycles. The number of aliphatic hydroxyl groups is 1. The highest BCUT2D eigenvalue weighted by Crippen LogP contribution is 2.29. The normalized spacial score (nSPS) is 14.7. The zero-order valence-corrected chi connectivity index (χ0v) is 14.8. The maximum absolute atomic E-state index is 13.1. The molecule has 3 aromatic rings. The number of aliphatic hydroxyl groups excluding tert-OH is 1. The first-order valence-corrected chi connectivity index (χ1v) is 8.73. The van der Waals surface area contributed by atoms with Crippen LogP contribution in [-0.2, 0) is 9.59 Å². The number of hydrogen-bond donors (Lipinski definition) is 1. The smallest absolute Gasteiger partial charge is 0.301 e.